The number of sulfonamides is 1. The number of rotatable bonds is 5. The number of ether oxygens (including phenoxy) is 1. The Morgan fingerprint density at radius 3 is 2.30 bits per heavy atom. The fourth-order valence-corrected chi connectivity index (χ4v) is 4.54. The number of non-ortho nitro benzene ring substituents is 1. The molecule has 1 unspecified atom stereocenters. The van der Waals surface area contributed by atoms with Gasteiger partial charge in [-0.1, -0.05) is 29.8 Å². The molecular formula is C17H13ClN2O6S. The van der Waals surface area contributed by atoms with Crippen molar-refractivity contribution >= 4 is 33.4 Å². The average molecular weight is 409 g/mol. The van der Waals surface area contributed by atoms with E-state index in [2.05, 4.69) is 6.58 Å². The zero-order chi connectivity index (χ0) is 19.8. The Balaban J connectivity index is 2.13. The molecule has 0 radical (unpaired) electrons. The lowest BCUT2D eigenvalue weighted by Crippen LogP contribution is -2.46. The zero-order valence-corrected chi connectivity index (χ0v) is 15.3. The van der Waals surface area contributed by atoms with Crippen molar-refractivity contribution in [3.63, 3.8) is 0 Å². The van der Waals surface area contributed by atoms with Crippen molar-refractivity contribution in [1.29, 1.82) is 0 Å². The summed E-state index contributed by atoms with van der Waals surface area (Å²) in [5.74, 6) is 0. The fourth-order valence-electron chi connectivity index (χ4n) is 2.81. The highest BCUT2D eigenvalue weighted by molar-refractivity contribution is 7.89. The van der Waals surface area contributed by atoms with Crippen LogP contribution >= 0.6 is 11.6 Å². The van der Waals surface area contributed by atoms with Crippen LogP contribution in [-0.4, -0.2) is 30.3 Å². The van der Waals surface area contributed by atoms with Gasteiger partial charge in [0.2, 0.25) is 0 Å². The number of halogens is 1. The molecule has 0 bridgehead atoms. The third-order valence-corrected chi connectivity index (χ3v) is 6.29. The van der Waals surface area contributed by atoms with E-state index >= 15 is 0 Å². The molecule has 3 rings (SSSR count). The van der Waals surface area contributed by atoms with Gasteiger partial charge >= 0.3 is 6.09 Å². The quantitative estimate of drug-likeness (QED) is 0.426. The average Bonchev–Trinajstić information content (AvgIpc) is 3.00. The molecule has 27 heavy (non-hydrogen) atoms. The summed E-state index contributed by atoms with van der Waals surface area (Å²) in [4.78, 5) is 22.2. The normalized spacial score (nSPS) is 19.6. The first-order chi connectivity index (χ1) is 12.7. The maximum atomic E-state index is 13.1. The number of hydrogen-bond donors (Lipinski definition) is 0. The van der Waals surface area contributed by atoms with Crippen molar-refractivity contribution < 1.29 is 22.9 Å². The van der Waals surface area contributed by atoms with Gasteiger partial charge in [0.05, 0.1) is 9.82 Å². The predicted octanol–water partition coefficient (Wildman–Crippen LogP) is 3.47. The Hall–Kier alpha value is -2.91. The Kier molecular flexibility index (Phi) is 4.66. The molecular weight excluding hydrogens is 396 g/mol. The summed E-state index contributed by atoms with van der Waals surface area (Å²) in [6, 6.07) is 10.5. The van der Waals surface area contributed by atoms with Crippen LogP contribution in [0.4, 0.5) is 10.5 Å². The minimum Gasteiger partial charge on any atom is -0.445 e. The monoisotopic (exact) mass is 408 g/mol. The molecule has 0 aromatic heterocycles. The van der Waals surface area contributed by atoms with Gasteiger partial charge < -0.3 is 4.74 Å². The SMILES string of the molecule is C=CC1(c2ccc(Cl)cc2)COC(=O)N1S(=O)(=O)c1ccc([N+](=O)[O-])cc1. The summed E-state index contributed by atoms with van der Waals surface area (Å²) >= 11 is 5.89. The van der Waals surface area contributed by atoms with Gasteiger partial charge in [-0.15, -0.1) is 6.58 Å². The van der Waals surface area contributed by atoms with Gasteiger partial charge in [0, 0.05) is 17.2 Å². The number of benzene rings is 2. The smallest absolute Gasteiger partial charge is 0.425 e. The molecule has 0 saturated carbocycles. The first kappa shape index (κ1) is 18.9. The second-order valence-corrected chi connectivity index (χ2v) is 7.93. The molecule has 0 spiro atoms. The van der Waals surface area contributed by atoms with Crippen molar-refractivity contribution in [2.75, 3.05) is 6.61 Å². The van der Waals surface area contributed by atoms with Gasteiger partial charge in [0.15, 0.2) is 0 Å². The summed E-state index contributed by atoms with van der Waals surface area (Å²) in [5.41, 5.74) is -1.30. The largest absolute Gasteiger partial charge is 0.445 e. The number of nitro groups is 1. The summed E-state index contributed by atoms with van der Waals surface area (Å²) < 4.78 is 31.9. The minimum atomic E-state index is -4.38. The number of amides is 1. The van der Waals surface area contributed by atoms with Crippen LogP contribution in [0.15, 0.2) is 66.1 Å². The second kappa shape index (κ2) is 6.67. The molecule has 1 atom stereocenters. The van der Waals surface area contributed by atoms with Crippen LogP contribution in [0, 0.1) is 10.1 Å². The van der Waals surface area contributed by atoms with Gasteiger partial charge in [-0.05, 0) is 29.8 Å². The van der Waals surface area contributed by atoms with Crippen LogP contribution in [0.25, 0.3) is 0 Å². The highest BCUT2D eigenvalue weighted by Gasteiger charge is 2.53. The van der Waals surface area contributed by atoms with Crippen molar-refractivity contribution in [2.24, 2.45) is 0 Å². The molecule has 1 heterocycles. The molecule has 0 N–H and O–H groups in total. The standard InChI is InChI=1S/C17H13ClN2O6S/c1-2-17(12-3-5-13(18)6-4-12)11-26-16(21)19(17)27(24,25)15-9-7-14(8-10-15)20(22)23/h2-10H,1,11H2. The summed E-state index contributed by atoms with van der Waals surface area (Å²) in [6.45, 7) is 3.42. The Labute approximate surface area is 159 Å². The lowest BCUT2D eigenvalue weighted by Gasteiger charge is -2.32. The number of carbonyl (C=O) groups is 1. The molecule has 0 aliphatic carbocycles. The number of carbonyl (C=O) groups excluding carboxylic acids is 1. The number of nitrogens with zero attached hydrogens (tertiary/aromatic N) is 2. The maximum Gasteiger partial charge on any atom is 0.425 e. The Bertz CT molecular complexity index is 1020. The van der Waals surface area contributed by atoms with E-state index in [4.69, 9.17) is 16.3 Å². The van der Waals surface area contributed by atoms with Crippen molar-refractivity contribution in [2.45, 2.75) is 10.4 Å². The number of cyclic esters (lactones) is 1. The van der Waals surface area contributed by atoms with E-state index in [0.717, 1.165) is 24.3 Å². The summed E-state index contributed by atoms with van der Waals surface area (Å²) in [6.07, 6.45) is 0.243. The van der Waals surface area contributed by atoms with Crippen LogP contribution in [0.1, 0.15) is 5.56 Å². The molecule has 10 heteroatoms. The third-order valence-electron chi connectivity index (χ3n) is 4.21. The first-order valence-corrected chi connectivity index (χ1v) is 9.40. The van der Waals surface area contributed by atoms with Crippen LogP contribution in [0.3, 0.4) is 0 Å². The van der Waals surface area contributed by atoms with E-state index < -0.39 is 26.6 Å². The van der Waals surface area contributed by atoms with Gasteiger partial charge in [0.1, 0.15) is 12.1 Å². The van der Waals surface area contributed by atoms with Crippen LogP contribution in [-0.2, 0) is 20.3 Å². The third kappa shape index (κ3) is 3.04. The number of nitro benzene ring substituents is 1. The molecule has 1 fully saturated rings. The van der Waals surface area contributed by atoms with Gasteiger partial charge in [-0.2, -0.15) is 4.31 Å². The van der Waals surface area contributed by atoms with Gasteiger partial charge in [-0.25, -0.2) is 13.2 Å². The molecule has 1 amide bonds. The molecule has 140 valence electrons. The summed E-state index contributed by atoms with van der Waals surface area (Å²) in [5, 5.41) is 11.2. The highest BCUT2D eigenvalue weighted by atomic mass is 35.5. The van der Waals surface area contributed by atoms with Crippen LogP contribution in [0.2, 0.25) is 5.02 Å². The highest BCUT2D eigenvalue weighted by Crippen LogP contribution is 2.40. The molecule has 2 aromatic carbocycles. The van der Waals surface area contributed by atoms with E-state index in [1.807, 2.05) is 0 Å². The molecule has 1 aliphatic heterocycles. The van der Waals surface area contributed by atoms with Crippen LogP contribution in [0.5, 0.6) is 0 Å². The topological polar surface area (TPSA) is 107 Å². The van der Waals surface area contributed by atoms with Gasteiger partial charge in [-0.3, -0.25) is 10.1 Å². The summed E-state index contributed by atoms with van der Waals surface area (Å²) in [7, 11) is -4.38. The molecule has 1 saturated heterocycles. The van der Waals surface area contributed by atoms with E-state index in [-0.39, 0.29) is 17.2 Å². The van der Waals surface area contributed by atoms with E-state index in [9.17, 15) is 23.3 Å². The maximum absolute atomic E-state index is 13.1. The van der Waals surface area contributed by atoms with Gasteiger partial charge in [0.25, 0.3) is 15.7 Å². The Morgan fingerprint density at radius 1 is 1.19 bits per heavy atom. The van der Waals surface area contributed by atoms with E-state index in [1.54, 1.807) is 24.3 Å². The zero-order valence-electron chi connectivity index (χ0n) is 13.7. The van der Waals surface area contributed by atoms with Crippen molar-refractivity contribution in [1.82, 2.24) is 4.31 Å². The minimum absolute atomic E-state index is 0.261. The predicted molar refractivity (Wildman–Crippen MR) is 96.8 cm³/mol. The van der Waals surface area contributed by atoms with Crippen molar-refractivity contribution in [3.05, 3.63) is 81.9 Å². The molecule has 8 nitrogen and oxygen atoms in total. The first-order valence-electron chi connectivity index (χ1n) is 7.59. The van der Waals surface area contributed by atoms with Crippen LogP contribution < -0.4 is 0 Å². The Morgan fingerprint density at radius 2 is 1.78 bits per heavy atom. The fraction of sp³-hybridized carbons (Fsp3) is 0.118. The lowest BCUT2D eigenvalue weighted by atomic mass is 9.91. The molecule has 2 aromatic rings. The lowest BCUT2D eigenvalue weighted by molar-refractivity contribution is -0.384. The molecule has 1 aliphatic rings. The van der Waals surface area contributed by atoms with E-state index in [0.29, 0.717) is 14.9 Å². The van der Waals surface area contributed by atoms with Crippen molar-refractivity contribution in [3.8, 4) is 0 Å². The number of hydrogen-bond acceptors (Lipinski definition) is 6. The van der Waals surface area contributed by atoms with E-state index in [1.165, 1.54) is 6.08 Å². The second-order valence-electron chi connectivity index (χ2n) is 5.71.